The molecule has 0 spiro atoms. The number of carbonyl (C=O) groups excluding carboxylic acids is 2. The number of tetrazole rings is 1. The number of ketones is 1. The summed E-state index contributed by atoms with van der Waals surface area (Å²) < 4.78 is 6.48. The third-order valence-corrected chi connectivity index (χ3v) is 6.34. The summed E-state index contributed by atoms with van der Waals surface area (Å²) in [5.41, 5.74) is 0. The second kappa shape index (κ2) is 13.0. The molecule has 2 aromatic heterocycles. The van der Waals surface area contributed by atoms with Crippen LogP contribution in [-0.2, 0) is 27.3 Å². The Bertz CT molecular complexity index is 1160. The highest BCUT2D eigenvalue weighted by atomic mass is 35.5. The molecule has 3 rings (SSSR count). The lowest BCUT2D eigenvalue weighted by Crippen LogP contribution is -2.53. The molecule has 184 valence electrons. The Morgan fingerprint density at radius 1 is 1.17 bits per heavy atom. The van der Waals surface area contributed by atoms with Gasteiger partial charge in [0.15, 0.2) is 11.8 Å². The molecule has 12 nitrogen and oxygen atoms in total. The van der Waals surface area contributed by atoms with Crippen molar-refractivity contribution in [1.29, 1.82) is 0 Å². The van der Waals surface area contributed by atoms with Crippen LogP contribution in [0.5, 0.6) is 0 Å². The number of aromatic nitrogens is 6. The second-order valence-electron chi connectivity index (χ2n) is 6.96. The highest BCUT2D eigenvalue weighted by Gasteiger charge is 2.28. The van der Waals surface area contributed by atoms with E-state index in [4.69, 9.17) is 27.9 Å². The number of nitrogens with zero attached hydrogens (tertiary/aromatic N) is 6. The maximum absolute atomic E-state index is 12.8. The number of amides is 1. The van der Waals surface area contributed by atoms with Gasteiger partial charge in [0, 0.05) is 30.8 Å². The fourth-order valence-corrected chi connectivity index (χ4v) is 4.14. The van der Waals surface area contributed by atoms with Gasteiger partial charge in [0.05, 0.1) is 33.1 Å². The number of aryl methyl sites for hydroxylation is 1. The van der Waals surface area contributed by atoms with Gasteiger partial charge in [-0.1, -0.05) is 33.4 Å². The number of hydrogen-bond donors (Lipinski definition) is 2. The monoisotopic (exact) mass is 540 g/mol. The summed E-state index contributed by atoms with van der Waals surface area (Å²) in [5.74, 6) is -1.28. The van der Waals surface area contributed by atoms with E-state index in [1.807, 2.05) is 0 Å². The average Bonchev–Trinajstić information content (AvgIpc) is 3.25. The van der Waals surface area contributed by atoms with E-state index in [9.17, 15) is 19.5 Å². The Hall–Kier alpha value is -3.29. The molecule has 35 heavy (non-hydrogen) atoms. The number of carbonyl (C=O) groups is 3. The van der Waals surface area contributed by atoms with Crippen molar-refractivity contribution in [2.45, 2.75) is 36.7 Å². The maximum atomic E-state index is 12.8. The lowest BCUT2D eigenvalue weighted by molar-refractivity contribution is -0.802. The summed E-state index contributed by atoms with van der Waals surface area (Å²) in [5, 5.41) is 19.9. The van der Waals surface area contributed by atoms with E-state index < -0.39 is 30.3 Å². The molecule has 3 aromatic rings. The molecule has 1 aromatic carbocycles. The zero-order chi connectivity index (χ0) is 25.2. The number of aliphatic carboxylic acids is 1. The molecule has 0 saturated carbocycles. The lowest BCUT2D eigenvalue weighted by atomic mass is 10.1. The van der Waals surface area contributed by atoms with Crippen molar-refractivity contribution in [3.05, 3.63) is 58.9 Å². The largest absolute Gasteiger partial charge is 0.481 e. The Morgan fingerprint density at radius 2 is 1.89 bits per heavy atom. The first-order valence-electron chi connectivity index (χ1n) is 10.2. The fourth-order valence-electron chi connectivity index (χ4n) is 2.77. The molecule has 15 heteroatoms. The molecule has 0 radical (unpaired) electrons. The molecule has 0 aliphatic carbocycles. The first-order valence-corrected chi connectivity index (χ1v) is 11.7. The number of hydrogen-bond acceptors (Lipinski definition) is 9. The van der Waals surface area contributed by atoms with Crippen molar-refractivity contribution in [1.82, 2.24) is 29.7 Å². The van der Waals surface area contributed by atoms with Gasteiger partial charge in [-0.15, -0.1) is 0 Å². The number of alkyl carbamates (subject to hydrolysis) is 1. The predicted molar refractivity (Wildman–Crippen MR) is 124 cm³/mol. The molecule has 1 atom stereocenters. The van der Waals surface area contributed by atoms with E-state index in [1.54, 1.807) is 36.7 Å². The van der Waals surface area contributed by atoms with Crippen LogP contribution in [0.2, 0.25) is 10.0 Å². The van der Waals surface area contributed by atoms with E-state index in [-0.39, 0.29) is 13.2 Å². The number of halogens is 2. The number of nitrogens with one attached hydrogen (secondary N) is 1. The highest BCUT2D eigenvalue weighted by molar-refractivity contribution is 7.97. The van der Waals surface area contributed by atoms with Crippen molar-refractivity contribution in [2.75, 3.05) is 6.61 Å². The van der Waals surface area contributed by atoms with Gasteiger partial charge in [-0.2, -0.15) is 0 Å². The van der Waals surface area contributed by atoms with Crippen LogP contribution < -0.4 is 10.1 Å². The second-order valence-corrected chi connectivity index (χ2v) is 8.74. The van der Waals surface area contributed by atoms with Crippen LogP contribution in [0.15, 0.2) is 47.9 Å². The van der Waals surface area contributed by atoms with Crippen molar-refractivity contribution < 1.29 is 29.0 Å². The molecule has 2 heterocycles. The zero-order valence-electron chi connectivity index (χ0n) is 18.1. The van der Waals surface area contributed by atoms with Gasteiger partial charge in [-0.05, 0) is 29.4 Å². The summed E-state index contributed by atoms with van der Waals surface area (Å²) in [4.78, 5) is 46.1. The molecule has 0 fully saturated rings. The van der Waals surface area contributed by atoms with Crippen molar-refractivity contribution in [3.8, 4) is 0 Å². The third-order valence-electron chi connectivity index (χ3n) is 4.39. The summed E-state index contributed by atoms with van der Waals surface area (Å²) in [6, 6.07) is 5.35. The minimum Gasteiger partial charge on any atom is -0.481 e. The SMILES string of the molecule is O=C(O)CC(NC(=O)OCCCc1ncccn1)C(=O)C[n+]1nncn1Sc1c(Cl)cccc1Cl. The number of rotatable bonds is 12. The maximum Gasteiger partial charge on any atom is 0.407 e. The van der Waals surface area contributed by atoms with Crippen LogP contribution in [0, 0.1) is 0 Å². The van der Waals surface area contributed by atoms with Crippen molar-refractivity contribution in [2.24, 2.45) is 0 Å². The first-order chi connectivity index (χ1) is 16.8. The van der Waals surface area contributed by atoms with Gasteiger partial charge in [-0.25, -0.2) is 14.8 Å². The van der Waals surface area contributed by atoms with Gasteiger partial charge in [0.1, 0.15) is 11.9 Å². The van der Waals surface area contributed by atoms with Crippen LogP contribution in [0.3, 0.4) is 0 Å². The Balaban J connectivity index is 1.57. The van der Waals surface area contributed by atoms with Crippen LogP contribution in [0.4, 0.5) is 4.79 Å². The lowest BCUT2D eigenvalue weighted by Gasteiger charge is -2.15. The van der Waals surface area contributed by atoms with Gasteiger partial charge in [-0.3, -0.25) is 9.59 Å². The third kappa shape index (κ3) is 8.16. The summed E-state index contributed by atoms with van der Waals surface area (Å²) in [6.45, 7) is -0.338. The molecule has 0 aliphatic heterocycles. The van der Waals surface area contributed by atoms with E-state index >= 15 is 0 Å². The zero-order valence-corrected chi connectivity index (χ0v) is 20.4. The van der Waals surface area contributed by atoms with Gasteiger partial charge >= 0.3 is 12.1 Å². The number of carboxylic acids is 1. The molecular weight excluding hydrogens is 521 g/mol. The smallest absolute Gasteiger partial charge is 0.407 e. The molecule has 1 amide bonds. The minimum atomic E-state index is -1.34. The van der Waals surface area contributed by atoms with Gasteiger partial charge in [0.2, 0.25) is 5.78 Å². The van der Waals surface area contributed by atoms with Crippen LogP contribution in [-0.4, -0.2) is 60.0 Å². The Kier molecular flexibility index (Phi) is 9.76. The number of benzene rings is 1. The summed E-state index contributed by atoms with van der Waals surface area (Å²) in [7, 11) is 0. The van der Waals surface area contributed by atoms with Crippen LogP contribution in [0.1, 0.15) is 18.7 Å². The normalized spacial score (nSPS) is 11.6. The summed E-state index contributed by atoms with van der Waals surface area (Å²) >= 11 is 13.4. The van der Waals surface area contributed by atoms with Crippen molar-refractivity contribution >= 4 is 53.0 Å². The number of Topliss-reactive ketones (excluding diaryl/α,β-unsaturated/α-hetero) is 1. The van der Waals surface area contributed by atoms with E-state index in [2.05, 4.69) is 25.6 Å². The van der Waals surface area contributed by atoms with E-state index in [0.717, 1.165) is 11.9 Å². The van der Waals surface area contributed by atoms with Gasteiger partial charge in [0.25, 0.3) is 6.33 Å². The number of ether oxygens (including phenoxy) is 1. The minimum absolute atomic E-state index is 0.0381. The molecule has 2 N–H and O–H groups in total. The molecular formula is C20H20Cl2N7O5S+. The molecule has 0 bridgehead atoms. The standard InChI is InChI=1S/C20H19Cl2N7O5S/c21-13-4-1-5-14(22)19(13)35-29-12-25-27-28(29)11-16(30)15(10-18(31)32)26-20(33)34-9-2-6-17-23-7-3-8-24-17/h1,3-5,7-8,12,15H,2,6,9-11H2,(H-,26,31,32,33)/p+1. The number of carboxylic acid groups (broad SMARTS) is 1. The molecule has 1 unspecified atom stereocenters. The summed E-state index contributed by atoms with van der Waals surface area (Å²) in [6.07, 6.45) is 3.95. The van der Waals surface area contributed by atoms with Crippen LogP contribution in [0.25, 0.3) is 0 Å². The Labute approximate surface area is 213 Å². The van der Waals surface area contributed by atoms with E-state index in [1.165, 1.54) is 15.2 Å². The predicted octanol–water partition coefficient (Wildman–Crippen LogP) is 1.99. The average molecular weight is 541 g/mol. The fraction of sp³-hybridized carbons (Fsp3) is 0.300. The van der Waals surface area contributed by atoms with Crippen molar-refractivity contribution in [3.63, 3.8) is 0 Å². The van der Waals surface area contributed by atoms with Gasteiger partial charge < -0.3 is 15.2 Å². The van der Waals surface area contributed by atoms with E-state index in [0.29, 0.717) is 33.6 Å². The Morgan fingerprint density at radius 3 is 2.57 bits per heavy atom. The first kappa shape index (κ1) is 26.3. The highest BCUT2D eigenvalue weighted by Crippen LogP contribution is 2.33. The topological polar surface area (TPSA) is 153 Å². The van der Waals surface area contributed by atoms with Crippen LogP contribution >= 0.6 is 35.1 Å². The quantitative estimate of drug-likeness (QED) is 0.257. The molecule has 0 aliphatic rings. The molecule has 0 saturated heterocycles.